The van der Waals surface area contributed by atoms with Crippen molar-refractivity contribution in [2.75, 3.05) is 0 Å². The van der Waals surface area contributed by atoms with E-state index in [0.717, 1.165) is 12.0 Å². The number of carbonyl (C=O) groups excluding carboxylic acids is 1. The zero-order valence-electron chi connectivity index (χ0n) is 8.79. The van der Waals surface area contributed by atoms with Crippen molar-refractivity contribution in [2.24, 2.45) is 11.7 Å². The van der Waals surface area contributed by atoms with Crippen molar-refractivity contribution >= 4 is 5.91 Å². The summed E-state index contributed by atoms with van der Waals surface area (Å²) in [5, 5.41) is 0. The molecule has 0 atom stereocenters. The molecule has 14 heavy (non-hydrogen) atoms. The fourth-order valence-electron chi connectivity index (χ4n) is 1.54. The van der Waals surface area contributed by atoms with Gasteiger partial charge in [-0.1, -0.05) is 38.1 Å². The predicted molar refractivity (Wildman–Crippen MR) is 57.9 cm³/mol. The Balaban J connectivity index is 2.73. The van der Waals surface area contributed by atoms with Gasteiger partial charge < -0.3 is 5.73 Å². The fourth-order valence-corrected chi connectivity index (χ4v) is 1.54. The highest BCUT2D eigenvalue weighted by molar-refractivity contribution is 5.76. The van der Waals surface area contributed by atoms with E-state index in [2.05, 4.69) is 26.0 Å². The van der Waals surface area contributed by atoms with Crippen LogP contribution in [0.4, 0.5) is 0 Å². The molecule has 0 aliphatic carbocycles. The van der Waals surface area contributed by atoms with Crippen molar-refractivity contribution in [3.05, 3.63) is 35.4 Å². The minimum absolute atomic E-state index is 0.272. The third kappa shape index (κ3) is 3.60. The molecule has 2 N–H and O–H groups in total. The summed E-state index contributed by atoms with van der Waals surface area (Å²) in [5.41, 5.74) is 7.42. The molecule has 1 aromatic carbocycles. The van der Waals surface area contributed by atoms with Gasteiger partial charge in [0, 0.05) is 0 Å². The first-order valence-corrected chi connectivity index (χ1v) is 4.94. The molecule has 1 rings (SSSR count). The van der Waals surface area contributed by atoms with Crippen LogP contribution in [-0.4, -0.2) is 5.91 Å². The predicted octanol–water partition coefficient (Wildman–Crippen LogP) is 1.91. The lowest BCUT2D eigenvalue weighted by atomic mass is 10.00. The van der Waals surface area contributed by atoms with Gasteiger partial charge in [0.2, 0.25) is 5.91 Å². The summed E-state index contributed by atoms with van der Waals surface area (Å²) in [6.07, 6.45) is 1.39. The number of rotatable bonds is 4. The van der Waals surface area contributed by atoms with Crippen LogP contribution in [0.25, 0.3) is 0 Å². The van der Waals surface area contributed by atoms with E-state index in [1.54, 1.807) is 0 Å². The number of amides is 1. The lowest BCUT2D eigenvalue weighted by Crippen LogP contribution is -2.13. The third-order valence-corrected chi connectivity index (χ3v) is 2.01. The second-order valence-electron chi connectivity index (χ2n) is 4.06. The summed E-state index contributed by atoms with van der Waals surface area (Å²) in [4.78, 5) is 10.7. The van der Waals surface area contributed by atoms with Gasteiger partial charge in [0.25, 0.3) is 0 Å². The van der Waals surface area contributed by atoms with Crippen LogP contribution in [0.15, 0.2) is 24.3 Å². The SMILES string of the molecule is CC(C)Cc1cccc(CC(N)=O)c1. The number of benzene rings is 1. The van der Waals surface area contributed by atoms with Crippen molar-refractivity contribution in [3.63, 3.8) is 0 Å². The smallest absolute Gasteiger partial charge is 0.221 e. The molecule has 0 spiro atoms. The largest absolute Gasteiger partial charge is 0.369 e. The topological polar surface area (TPSA) is 43.1 Å². The van der Waals surface area contributed by atoms with E-state index in [1.807, 2.05) is 12.1 Å². The molecule has 76 valence electrons. The molecule has 0 aromatic heterocycles. The van der Waals surface area contributed by atoms with Gasteiger partial charge in [-0.25, -0.2) is 0 Å². The van der Waals surface area contributed by atoms with E-state index in [1.165, 1.54) is 5.56 Å². The van der Waals surface area contributed by atoms with Crippen LogP contribution in [0, 0.1) is 5.92 Å². The molecular formula is C12H17NO. The van der Waals surface area contributed by atoms with Crippen molar-refractivity contribution in [2.45, 2.75) is 26.7 Å². The maximum Gasteiger partial charge on any atom is 0.221 e. The summed E-state index contributed by atoms with van der Waals surface area (Å²) < 4.78 is 0. The normalized spacial score (nSPS) is 10.5. The van der Waals surface area contributed by atoms with E-state index < -0.39 is 0 Å². The second kappa shape index (κ2) is 4.80. The highest BCUT2D eigenvalue weighted by atomic mass is 16.1. The number of nitrogens with two attached hydrogens (primary N) is 1. The molecule has 0 aliphatic heterocycles. The quantitative estimate of drug-likeness (QED) is 0.776. The van der Waals surface area contributed by atoms with E-state index >= 15 is 0 Å². The third-order valence-electron chi connectivity index (χ3n) is 2.01. The Kier molecular flexibility index (Phi) is 3.69. The van der Waals surface area contributed by atoms with Crippen LogP contribution in [-0.2, 0) is 17.6 Å². The van der Waals surface area contributed by atoms with Crippen molar-refractivity contribution in [1.82, 2.24) is 0 Å². The summed E-state index contributed by atoms with van der Waals surface area (Å²) in [6.45, 7) is 4.36. The van der Waals surface area contributed by atoms with Crippen molar-refractivity contribution < 1.29 is 4.79 Å². The number of hydrogen-bond donors (Lipinski definition) is 1. The maximum absolute atomic E-state index is 10.7. The van der Waals surface area contributed by atoms with Gasteiger partial charge in [-0.05, 0) is 23.5 Å². The zero-order chi connectivity index (χ0) is 10.6. The fraction of sp³-hybridized carbons (Fsp3) is 0.417. The van der Waals surface area contributed by atoms with Crippen LogP contribution < -0.4 is 5.73 Å². The van der Waals surface area contributed by atoms with E-state index in [-0.39, 0.29) is 5.91 Å². The average molecular weight is 191 g/mol. The molecule has 0 unspecified atom stereocenters. The molecule has 1 amide bonds. The van der Waals surface area contributed by atoms with Crippen LogP contribution in [0.5, 0.6) is 0 Å². The molecule has 0 saturated carbocycles. The van der Waals surface area contributed by atoms with E-state index in [4.69, 9.17) is 5.73 Å². The monoisotopic (exact) mass is 191 g/mol. The number of hydrogen-bond acceptors (Lipinski definition) is 1. The molecule has 0 radical (unpaired) electrons. The van der Waals surface area contributed by atoms with Crippen LogP contribution in [0.1, 0.15) is 25.0 Å². The summed E-state index contributed by atoms with van der Waals surface area (Å²) in [6, 6.07) is 8.07. The highest BCUT2D eigenvalue weighted by Gasteiger charge is 2.01. The van der Waals surface area contributed by atoms with Crippen LogP contribution >= 0.6 is 0 Å². The molecule has 0 bridgehead atoms. The lowest BCUT2D eigenvalue weighted by Gasteiger charge is -2.06. The Morgan fingerprint density at radius 3 is 2.57 bits per heavy atom. The Morgan fingerprint density at radius 2 is 2.00 bits per heavy atom. The van der Waals surface area contributed by atoms with Crippen molar-refractivity contribution in [3.8, 4) is 0 Å². The van der Waals surface area contributed by atoms with E-state index in [0.29, 0.717) is 12.3 Å². The van der Waals surface area contributed by atoms with Gasteiger partial charge in [0.1, 0.15) is 0 Å². The lowest BCUT2D eigenvalue weighted by molar-refractivity contribution is -0.117. The molecule has 1 aromatic rings. The van der Waals surface area contributed by atoms with Gasteiger partial charge in [-0.15, -0.1) is 0 Å². The molecule has 0 saturated heterocycles. The molecule has 0 aliphatic rings. The molecule has 2 nitrogen and oxygen atoms in total. The Bertz CT molecular complexity index is 318. The van der Waals surface area contributed by atoms with Gasteiger partial charge in [-0.2, -0.15) is 0 Å². The van der Waals surface area contributed by atoms with E-state index in [9.17, 15) is 4.79 Å². The molecular weight excluding hydrogens is 174 g/mol. The zero-order valence-corrected chi connectivity index (χ0v) is 8.79. The van der Waals surface area contributed by atoms with Crippen molar-refractivity contribution in [1.29, 1.82) is 0 Å². The standard InChI is InChI=1S/C12H17NO/c1-9(2)6-10-4-3-5-11(7-10)8-12(13)14/h3-5,7,9H,6,8H2,1-2H3,(H2,13,14). The highest BCUT2D eigenvalue weighted by Crippen LogP contribution is 2.10. The van der Waals surface area contributed by atoms with Gasteiger partial charge >= 0.3 is 0 Å². The van der Waals surface area contributed by atoms with Crippen LogP contribution in [0.3, 0.4) is 0 Å². The second-order valence-corrected chi connectivity index (χ2v) is 4.06. The summed E-state index contributed by atoms with van der Waals surface area (Å²) in [7, 11) is 0. The first kappa shape index (κ1) is 10.8. The van der Waals surface area contributed by atoms with Gasteiger partial charge in [-0.3, -0.25) is 4.79 Å². The Morgan fingerprint density at radius 1 is 1.36 bits per heavy atom. The first-order valence-electron chi connectivity index (χ1n) is 4.94. The van der Waals surface area contributed by atoms with Gasteiger partial charge in [0.05, 0.1) is 6.42 Å². The Hall–Kier alpha value is -1.31. The minimum atomic E-state index is -0.272. The average Bonchev–Trinajstić information content (AvgIpc) is 2.01. The summed E-state index contributed by atoms with van der Waals surface area (Å²) >= 11 is 0. The molecule has 0 heterocycles. The number of carbonyl (C=O) groups is 1. The first-order chi connectivity index (χ1) is 6.58. The number of primary amides is 1. The minimum Gasteiger partial charge on any atom is -0.369 e. The maximum atomic E-state index is 10.7. The van der Waals surface area contributed by atoms with Crippen LogP contribution in [0.2, 0.25) is 0 Å². The molecule has 0 fully saturated rings. The van der Waals surface area contributed by atoms with Gasteiger partial charge in [0.15, 0.2) is 0 Å². The molecule has 2 heteroatoms. The summed E-state index contributed by atoms with van der Waals surface area (Å²) in [5.74, 6) is 0.366. The Labute approximate surface area is 85.1 Å².